The summed E-state index contributed by atoms with van der Waals surface area (Å²) in [6, 6.07) is 12.5. The van der Waals surface area contributed by atoms with Crippen LogP contribution in [0, 0.1) is 0 Å². The first kappa shape index (κ1) is 20.2. The fraction of sp³-hybridized carbons (Fsp3) is 0.263. The Morgan fingerprint density at radius 2 is 1.71 bits per heavy atom. The van der Waals surface area contributed by atoms with Crippen molar-refractivity contribution in [3.8, 4) is 0 Å². The number of piperazine rings is 1. The molecule has 2 heterocycles. The van der Waals surface area contributed by atoms with Gasteiger partial charge in [0.2, 0.25) is 5.91 Å². The van der Waals surface area contributed by atoms with Crippen LogP contribution in [0.1, 0.15) is 12.5 Å². The van der Waals surface area contributed by atoms with Crippen molar-refractivity contribution in [2.45, 2.75) is 11.1 Å². The summed E-state index contributed by atoms with van der Waals surface area (Å²) in [4.78, 5) is 26.0. The molecule has 1 N–H and O–H groups in total. The van der Waals surface area contributed by atoms with E-state index in [0.29, 0.717) is 4.21 Å². The highest BCUT2D eigenvalue weighted by Gasteiger charge is 2.31. The van der Waals surface area contributed by atoms with Crippen molar-refractivity contribution in [2.24, 2.45) is 0 Å². The average Bonchev–Trinajstić information content (AvgIpc) is 3.23. The van der Waals surface area contributed by atoms with E-state index < -0.39 is 10.0 Å². The van der Waals surface area contributed by atoms with Crippen LogP contribution in [0.25, 0.3) is 6.08 Å². The molecule has 1 aliphatic heterocycles. The topological polar surface area (TPSA) is 86.8 Å². The van der Waals surface area contributed by atoms with E-state index in [2.05, 4.69) is 5.32 Å². The minimum Gasteiger partial charge on any atom is -0.335 e. The zero-order valence-corrected chi connectivity index (χ0v) is 17.0. The standard InChI is InChI=1S/C19H21N3O4S2/c1-15(23)20-17(14-16-6-3-2-4-7-16)19(24)21-9-11-22(12-10-21)28(25,26)18-8-5-13-27-18/h2-8,13-14H,9-12H2,1H3,(H,20,23)/b17-14-. The van der Waals surface area contributed by atoms with Crippen LogP contribution < -0.4 is 5.32 Å². The van der Waals surface area contributed by atoms with Crippen molar-refractivity contribution in [3.05, 3.63) is 59.1 Å². The molecule has 1 fully saturated rings. The quantitative estimate of drug-likeness (QED) is 0.748. The van der Waals surface area contributed by atoms with Gasteiger partial charge in [0.1, 0.15) is 9.91 Å². The summed E-state index contributed by atoms with van der Waals surface area (Å²) in [6.45, 7) is 2.29. The molecule has 0 saturated carbocycles. The summed E-state index contributed by atoms with van der Waals surface area (Å²) in [6.07, 6.45) is 1.62. The molecule has 0 spiro atoms. The smallest absolute Gasteiger partial charge is 0.270 e. The van der Waals surface area contributed by atoms with E-state index in [1.165, 1.54) is 22.6 Å². The van der Waals surface area contributed by atoms with Gasteiger partial charge in [-0.05, 0) is 23.1 Å². The Kier molecular flexibility index (Phi) is 6.28. The van der Waals surface area contributed by atoms with Gasteiger partial charge in [0.05, 0.1) is 0 Å². The van der Waals surface area contributed by atoms with E-state index in [1.807, 2.05) is 30.3 Å². The molecule has 0 bridgehead atoms. The number of benzene rings is 1. The number of nitrogens with one attached hydrogen (secondary N) is 1. The predicted octanol–water partition coefficient (Wildman–Crippen LogP) is 1.76. The fourth-order valence-electron chi connectivity index (χ4n) is 2.90. The molecule has 2 amide bonds. The molecule has 1 aromatic heterocycles. The third kappa shape index (κ3) is 4.67. The number of hydrogen-bond acceptors (Lipinski definition) is 5. The molecule has 1 aliphatic rings. The molecule has 0 atom stereocenters. The largest absolute Gasteiger partial charge is 0.335 e. The van der Waals surface area contributed by atoms with E-state index in [0.717, 1.165) is 5.56 Å². The van der Waals surface area contributed by atoms with Crippen molar-refractivity contribution in [2.75, 3.05) is 26.2 Å². The second-order valence-electron chi connectivity index (χ2n) is 6.28. The number of carbonyl (C=O) groups excluding carboxylic acids is 2. The lowest BCUT2D eigenvalue weighted by molar-refractivity contribution is -0.130. The fourth-order valence-corrected chi connectivity index (χ4v) is 5.46. The van der Waals surface area contributed by atoms with Gasteiger partial charge < -0.3 is 10.2 Å². The van der Waals surface area contributed by atoms with E-state index in [1.54, 1.807) is 28.5 Å². The molecular weight excluding hydrogens is 398 g/mol. The van der Waals surface area contributed by atoms with Gasteiger partial charge >= 0.3 is 0 Å². The summed E-state index contributed by atoms with van der Waals surface area (Å²) >= 11 is 1.18. The molecule has 1 saturated heterocycles. The van der Waals surface area contributed by atoms with Crippen LogP contribution in [0.4, 0.5) is 0 Å². The average molecular weight is 420 g/mol. The Morgan fingerprint density at radius 1 is 1.04 bits per heavy atom. The monoisotopic (exact) mass is 419 g/mol. The summed E-state index contributed by atoms with van der Waals surface area (Å²) in [5, 5.41) is 4.31. The minimum atomic E-state index is -3.53. The lowest BCUT2D eigenvalue weighted by Gasteiger charge is -2.34. The van der Waals surface area contributed by atoms with Gasteiger partial charge in [0, 0.05) is 33.1 Å². The van der Waals surface area contributed by atoms with Crippen LogP contribution in [0.3, 0.4) is 0 Å². The highest BCUT2D eigenvalue weighted by molar-refractivity contribution is 7.91. The van der Waals surface area contributed by atoms with Crippen LogP contribution in [0.15, 0.2) is 57.8 Å². The first-order valence-corrected chi connectivity index (χ1v) is 11.1. The van der Waals surface area contributed by atoms with Crippen LogP contribution in [0.2, 0.25) is 0 Å². The number of hydrogen-bond donors (Lipinski definition) is 1. The molecule has 0 radical (unpaired) electrons. The second kappa shape index (κ2) is 8.68. The molecule has 0 unspecified atom stereocenters. The van der Waals surface area contributed by atoms with Crippen molar-refractivity contribution in [1.82, 2.24) is 14.5 Å². The van der Waals surface area contributed by atoms with Gasteiger partial charge in [-0.25, -0.2) is 8.42 Å². The van der Waals surface area contributed by atoms with Gasteiger partial charge in [-0.3, -0.25) is 9.59 Å². The van der Waals surface area contributed by atoms with E-state index in [9.17, 15) is 18.0 Å². The molecule has 1 aromatic carbocycles. The number of nitrogens with zero attached hydrogens (tertiary/aromatic N) is 2. The van der Waals surface area contributed by atoms with Crippen LogP contribution in [-0.2, 0) is 19.6 Å². The number of amides is 2. The van der Waals surface area contributed by atoms with Gasteiger partial charge in [-0.15, -0.1) is 11.3 Å². The number of carbonyl (C=O) groups is 2. The Balaban J connectivity index is 1.72. The molecule has 2 aromatic rings. The lowest BCUT2D eigenvalue weighted by Crippen LogP contribution is -2.51. The number of rotatable bonds is 5. The molecule has 28 heavy (non-hydrogen) atoms. The van der Waals surface area contributed by atoms with E-state index in [-0.39, 0.29) is 43.7 Å². The van der Waals surface area contributed by atoms with Gasteiger partial charge in [0.15, 0.2) is 0 Å². The molecule has 7 nitrogen and oxygen atoms in total. The third-order valence-corrected chi connectivity index (χ3v) is 7.54. The Morgan fingerprint density at radius 3 is 2.29 bits per heavy atom. The lowest BCUT2D eigenvalue weighted by atomic mass is 10.1. The molecule has 148 valence electrons. The van der Waals surface area contributed by atoms with Gasteiger partial charge in [0.25, 0.3) is 15.9 Å². The predicted molar refractivity (Wildman–Crippen MR) is 108 cm³/mol. The van der Waals surface area contributed by atoms with Crippen LogP contribution >= 0.6 is 11.3 Å². The van der Waals surface area contributed by atoms with Gasteiger partial charge in [-0.1, -0.05) is 36.4 Å². The zero-order valence-electron chi connectivity index (χ0n) is 15.4. The maximum absolute atomic E-state index is 12.9. The van der Waals surface area contributed by atoms with Crippen molar-refractivity contribution in [3.63, 3.8) is 0 Å². The summed E-state index contributed by atoms with van der Waals surface area (Å²) in [5.41, 5.74) is 0.965. The van der Waals surface area contributed by atoms with E-state index in [4.69, 9.17) is 0 Å². The minimum absolute atomic E-state index is 0.174. The molecule has 9 heteroatoms. The normalized spacial score (nSPS) is 16.0. The molecule has 0 aliphatic carbocycles. The summed E-state index contributed by atoms with van der Waals surface area (Å²) in [7, 11) is -3.53. The highest BCUT2D eigenvalue weighted by atomic mass is 32.2. The second-order valence-corrected chi connectivity index (χ2v) is 9.39. The Hall–Kier alpha value is -2.49. The SMILES string of the molecule is CC(=O)N/C(=C\c1ccccc1)C(=O)N1CCN(S(=O)(=O)c2cccs2)CC1. The maximum atomic E-state index is 12.9. The molecule has 3 rings (SSSR count). The summed E-state index contributed by atoms with van der Waals surface area (Å²) < 4.78 is 26.9. The first-order valence-electron chi connectivity index (χ1n) is 8.75. The van der Waals surface area contributed by atoms with E-state index >= 15 is 0 Å². The van der Waals surface area contributed by atoms with Crippen LogP contribution in [-0.4, -0.2) is 55.6 Å². The number of sulfonamides is 1. The maximum Gasteiger partial charge on any atom is 0.270 e. The zero-order chi connectivity index (χ0) is 20.1. The third-order valence-electron chi connectivity index (χ3n) is 4.27. The Labute approximate surface area is 168 Å². The van der Waals surface area contributed by atoms with Gasteiger partial charge in [-0.2, -0.15) is 4.31 Å². The summed E-state index contributed by atoms with van der Waals surface area (Å²) in [5.74, 6) is -0.665. The molecular formula is C19H21N3O4S2. The highest BCUT2D eigenvalue weighted by Crippen LogP contribution is 2.22. The van der Waals surface area contributed by atoms with Crippen molar-refractivity contribution in [1.29, 1.82) is 0 Å². The Bertz CT molecular complexity index is 962. The van der Waals surface area contributed by atoms with Crippen LogP contribution in [0.5, 0.6) is 0 Å². The van der Waals surface area contributed by atoms with Crippen molar-refractivity contribution < 1.29 is 18.0 Å². The van der Waals surface area contributed by atoms with Crippen molar-refractivity contribution >= 4 is 39.3 Å². The first-order chi connectivity index (χ1) is 13.4. The number of thiophene rings is 1.